The number of amides is 1. The van der Waals surface area contributed by atoms with Gasteiger partial charge in [-0.1, -0.05) is 0 Å². The molecule has 1 heterocycles. The summed E-state index contributed by atoms with van der Waals surface area (Å²) in [5.41, 5.74) is -2.16. The van der Waals surface area contributed by atoms with Crippen LogP contribution >= 0.6 is 0 Å². The number of rotatable bonds is 3. The number of aliphatic hydroxyl groups excluding tert-OH is 1. The molecule has 1 aliphatic rings. The van der Waals surface area contributed by atoms with Crippen LogP contribution in [0.3, 0.4) is 0 Å². The first kappa shape index (κ1) is 16.2. The first-order valence-electron chi connectivity index (χ1n) is 6.64. The van der Waals surface area contributed by atoms with Crippen molar-refractivity contribution < 1.29 is 24.1 Å². The molecular weight excluding hydrogens is 253 g/mol. The third-order valence-corrected chi connectivity index (χ3v) is 3.03. The van der Waals surface area contributed by atoms with Crippen molar-refractivity contribution in [2.45, 2.75) is 64.0 Å². The van der Waals surface area contributed by atoms with Crippen LogP contribution in [0.5, 0.6) is 0 Å². The minimum absolute atomic E-state index is 0.0291. The highest BCUT2D eigenvalue weighted by atomic mass is 19.1. The van der Waals surface area contributed by atoms with E-state index in [2.05, 4.69) is 0 Å². The second kappa shape index (κ2) is 6.05. The molecule has 1 rings (SSSR count). The van der Waals surface area contributed by atoms with E-state index in [1.807, 2.05) is 0 Å². The lowest BCUT2D eigenvalue weighted by atomic mass is 9.90. The van der Waals surface area contributed by atoms with Crippen molar-refractivity contribution in [3.8, 4) is 0 Å². The summed E-state index contributed by atoms with van der Waals surface area (Å²) in [6, 6.07) is 0. The molecule has 0 aliphatic carbocycles. The highest BCUT2D eigenvalue weighted by Crippen LogP contribution is 2.31. The maximum absolute atomic E-state index is 14.5. The predicted molar refractivity (Wildman–Crippen MR) is 68.3 cm³/mol. The predicted octanol–water partition coefficient (Wildman–Crippen LogP) is 1.82. The van der Waals surface area contributed by atoms with Gasteiger partial charge in [-0.05, 0) is 40.0 Å². The lowest BCUT2D eigenvalue weighted by molar-refractivity contribution is -0.0636. The van der Waals surface area contributed by atoms with E-state index < -0.39 is 23.7 Å². The fraction of sp³-hybridized carbons (Fsp3) is 0.923. The zero-order valence-electron chi connectivity index (χ0n) is 11.9. The van der Waals surface area contributed by atoms with Crippen molar-refractivity contribution in [3.63, 3.8) is 0 Å². The van der Waals surface area contributed by atoms with Crippen LogP contribution in [0.15, 0.2) is 0 Å². The Bertz CT molecular complexity index is 316. The number of halogens is 1. The Labute approximate surface area is 113 Å². The number of aliphatic hydroxyl groups is 2. The van der Waals surface area contributed by atoms with E-state index in [0.717, 1.165) is 0 Å². The van der Waals surface area contributed by atoms with Crippen molar-refractivity contribution in [1.29, 1.82) is 0 Å². The van der Waals surface area contributed by atoms with E-state index in [0.29, 0.717) is 19.4 Å². The van der Waals surface area contributed by atoms with E-state index in [9.17, 15) is 9.18 Å². The largest absolute Gasteiger partial charge is 0.444 e. The molecule has 0 aromatic rings. The number of likely N-dealkylation sites (tertiary alicyclic amines) is 1. The van der Waals surface area contributed by atoms with Crippen molar-refractivity contribution in [3.05, 3.63) is 0 Å². The number of alkyl halides is 1. The van der Waals surface area contributed by atoms with Crippen molar-refractivity contribution in [2.24, 2.45) is 0 Å². The van der Waals surface area contributed by atoms with Crippen LogP contribution in [0.25, 0.3) is 0 Å². The molecule has 19 heavy (non-hydrogen) atoms. The number of ether oxygens (including phenoxy) is 1. The molecule has 1 atom stereocenters. The molecule has 0 saturated carbocycles. The standard InChI is InChI=1S/C13H24FNO4/c1-12(2,3)19-11(18)15-8-4-6-13(14,9-15)7-5-10(16)17/h10,16-17H,4-9H2,1-3H3/t13-/m1/s1. The SMILES string of the molecule is CC(C)(C)OC(=O)N1CCC[C@@](F)(CCC(O)O)C1. The van der Waals surface area contributed by atoms with Gasteiger partial charge in [-0.25, -0.2) is 9.18 Å². The van der Waals surface area contributed by atoms with Gasteiger partial charge in [0.25, 0.3) is 0 Å². The zero-order chi connectivity index (χ0) is 14.7. The van der Waals surface area contributed by atoms with Gasteiger partial charge in [0.15, 0.2) is 6.29 Å². The Morgan fingerprint density at radius 1 is 1.47 bits per heavy atom. The van der Waals surface area contributed by atoms with Gasteiger partial charge >= 0.3 is 6.09 Å². The van der Waals surface area contributed by atoms with Crippen LogP contribution < -0.4 is 0 Å². The van der Waals surface area contributed by atoms with Crippen LogP contribution in [0.2, 0.25) is 0 Å². The molecule has 0 spiro atoms. The number of carbonyl (C=O) groups is 1. The summed E-state index contributed by atoms with van der Waals surface area (Å²) in [5, 5.41) is 17.6. The minimum Gasteiger partial charge on any atom is -0.444 e. The van der Waals surface area contributed by atoms with Crippen LogP contribution in [0.4, 0.5) is 9.18 Å². The van der Waals surface area contributed by atoms with Gasteiger partial charge in [0.05, 0.1) is 6.54 Å². The number of hydrogen-bond acceptors (Lipinski definition) is 4. The van der Waals surface area contributed by atoms with Crippen LogP contribution in [-0.4, -0.2) is 51.9 Å². The van der Waals surface area contributed by atoms with Gasteiger partial charge < -0.3 is 19.8 Å². The highest BCUT2D eigenvalue weighted by molar-refractivity contribution is 5.68. The highest BCUT2D eigenvalue weighted by Gasteiger charge is 2.38. The van der Waals surface area contributed by atoms with Crippen molar-refractivity contribution in [1.82, 2.24) is 4.90 Å². The number of nitrogens with zero attached hydrogens (tertiary/aromatic N) is 1. The fourth-order valence-electron chi connectivity index (χ4n) is 2.16. The Morgan fingerprint density at radius 2 is 2.11 bits per heavy atom. The Kier molecular flexibility index (Phi) is 5.15. The van der Waals surface area contributed by atoms with Crippen molar-refractivity contribution in [2.75, 3.05) is 13.1 Å². The Morgan fingerprint density at radius 3 is 2.63 bits per heavy atom. The van der Waals surface area contributed by atoms with Gasteiger partial charge in [0.2, 0.25) is 0 Å². The maximum atomic E-state index is 14.5. The molecule has 0 aromatic carbocycles. The third-order valence-electron chi connectivity index (χ3n) is 3.03. The molecule has 1 fully saturated rings. The molecule has 0 radical (unpaired) electrons. The molecule has 1 amide bonds. The first-order valence-corrected chi connectivity index (χ1v) is 6.64. The lowest BCUT2D eigenvalue weighted by Crippen LogP contribution is -2.49. The number of hydrogen-bond donors (Lipinski definition) is 2. The molecule has 2 N–H and O–H groups in total. The summed E-state index contributed by atoms with van der Waals surface area (Å²) in [7, 11) is 0. The average molecular weight is 277 g/mol. The van der Waals surface area contributed by atoms with Crippen LogP contribution in [0.1, 0.15) is 46.5 Å². The summed E-state index contributed by atoms with van der Waals surface area (Å²) in [4.78, 5) is 13.2. The smallest absolute Gasteiger partial charge is 0.410 e. The zero-order valence-corrected chi connectivity index (χ0v) is 11.9. The summed E-state index contributed by atoms with van der Waals surface area (Å²) in [6.45, 7) is 5.72. The van der Waals surface area contributed by atoms with Crippen LogP contribution in [0, 0.1) is 0 Å². The topological polar surface area (TPSA) is 70.0 Å². The molecular formula is C13H24FNO4. The second-order valence-electron chi connectivity index (χ2n) is 6.18. The fourth-order valence-corrected chi connectivity index (χ4v) is 2.16. The van der Waals surface area contributed by atoms with E-state index >= 15 is 0 Å². The summed E-state index contributed by atoms with van der Waals surface area (Å²) >= 11 is 0. The number of piperidine rings is 1. The molecule has 0 bridgehead atoms. The van der Waals surface area contributed by atoms with E-state index in [-0.39, 0.29) is 19.4 Å². The molecule has 6 heteroatoms. The quantitative estimate of drug-likeness (QED) is 0.772. The van der Waals surface area contributed by atoms with E-state index in [1.54, 1.807) is 20.8 Å². The van der Waals surface area contributed by atoms with Gasteiger partial charge in [-0.2, -0.15) is 0 Å². The van der Waals surface area contributed by atoms with Crippen LogP contribution in [-0.2, 0) is 4.74 Å². The number of carbonyl (C=O) groups excluding carboxylic acids is 1. The summed E-state index contributed by atoms with van der Waals surface area (Å²) in [6.07, 6.45) is -1.14. The maximum Gasteiger partial charge on any atom is 0.410 e. The van der Waals surface area contributed by atoms with E-state index in [1.165, 1.54) is 4.90 Å². The molecule has 112 valence electrons. The summed E-state index contributed by atoms with van der Waals surface area (Å²) < 4.78 is 19.7. The molecule has 0 aromatic heterocycles. The van der Waals surface area contributed by atoms with E-state index in [4.69, 9.17) is 14.9 Å². The minimum atomic E-state index is -1.56. The molecule has 1 aliphatic heterocycles. The van der Waals surface area contributed by atoms with Crippen molar-refractivity contribution >= 4 is 6.09 Å². The monoisotopic (exact) mass is 277 g/mol. The third kappa shape index (κ3) is 5.74. The van der Waals surface area contributed by atoms with Gasteiger partial charge in [0, 0.05) is 13.0 Å². The average Bonchev–Trinajstić information content (AvgIpc) is 2.24. The van der Waals surface area contributed by atoms with Gasteiger partial charge in [0.1, 0.15) is 11.3 Å². The second-order valence-corrected chi connectivity index (χ2v) is 6.18. The normalized spacial score (nSPS) is 24.7. The molecule has 0 unspecified atom stereocenters. The Hall–Kier alpha value is -0.880. The molecule has 5 nitrogen and oxygen atoms in total. The van der Waals surface area contributed by atoms with Gasteiger partial charge in [-0.3, -0.25) is 0 Å². The summed E-state index contributed by atoms with van der Waals surface area (Å²) in [5.74, 6) is 0. The van der Waals surface area contributed by atoms with Gasteiger partial charge in [-0.15, -0.1) is 0 Å². The molecule has 1 saturated heterocycles. The first-order chi connectivity index (χ1) is 8.61. The lowest BCUT2D eigenvalue weighted by Gasteiger charge is -2.38. The Balaban J connectivity index is 2.56.